The zero-order chi connectivity index (χ0) is 14.5. The minimum atomic E-state index is 0.759. The molecule has 0 unspecified atom stereocenters. The van der Waals surface area contributed by atoms with Gasteiger partial charge in [0.2, 0.25) is 0 Å². The summed E-state index contributed by atoms with van der Waals surface area (Å²) in [6.45, 7) is 0.759. The van der Waals surface area contributed by atoms with Crippen LogP contribution in [0.25, 0.3) is 0 Å². The van der Waals surface area contributed by atoms with Gasteiger partial charge in [-0.1, -0.05) is 42.6 Å². The summed E-state index contributed by atoms with van der Waals surface area (Å²) < 4.78 is 0. The van der Waals surface area contributed by atoms with Gasteiger partial charge in [0, 0.05) is 27.4 Å². The smallest absolute Gasteiger partial charge is 0.0455 e. The summed E-state index contributed by atoms with van der Waals surface area (Å²) in [6.07, 6.45) is 5.54. The lowest BCUT2D eigenvalue weighted by Crippen LogP contribution is -2.00. The summed E-state index contributed by atoms with van der Waals surface area (Å²) in [5, 5.41) is 5.07. The van der Waals surface area contributed by atoms with Gasteiger partial charge in [0.1, 0.15) is 0 Å². The van der Waals surface area contributed by atoms with Crippen LogP contribution in [0.15, 0.2) is 53.4 Å². The van der Waals surface area contributed by atoms with Crippen LogP contribution in [0.1, 0.15) is 31.2 Å². The summed E-state index contributed by atoms with van der Waals surface area (Å²) >= 11 is 8.20. The van der Waals surface area contributed by atoms with Gasteiger partial charge >= 0.3 is 0 Å². The highest BCUT2D eigenvalue weighted by molar-refractivity contribution is 8.00. The molecule has 0 heterocycles. The van der Waals surface area contributed by atoms with Gasteiger partial charge in [0.25, 0.3) is 0 Å². The van der Waals surface area contributed by atoms with E-state index in [-0.39, 0.29) is 0 Å². The molecule has 0 aromatic heterocycles. The maximum Gasteiger partial charge on any atom is 0.0455 e. The number of anilines is 1. The number of halogens is 1. The number of nitrogens with one attached hydrogen (secondary N) is 1. The Morgan fingerprint density at radius 1 is 1.00 bits per heavy atom. The molecule has 1 aliphatic carbocycles. The average Bonchev–Trinajstić information content (AvgIpc) is 3.01. The van der Waals surface area contributed by atoms with E-state index in [0.29, 0.717) is 0 Å². The predicted octanol–water partition coefficient (Wildman–Crippen LogP) is 5.99. The first kappa shape index (κ1) is 14.8. The Morgan fingerprint density at radius 3 is 2.43 bits per heavy atom. The molecule has 0 saturated heterocycles. The molecule has 1 fully saturated rings. The fourth-order valence-electron chi connectivity index (χ4n) is 2.69. The Kier molecular flexibility index (Phi) is 5.10. The molecular formula is C18H20ClNS. The summed E-state index contributed by atoms with van der Waals surface area (Å²) in [7, 11) is 0. The zero-order valence-electron chi connectivity index (χ0n) is 12.0. The lowest BCUT2D eigenvalue weighted by Gasteiger charge is -2.11. The van der Waals surface area contributed by atoms with Gasteiger partial charge in [-0.05, 0) is 48.7 Å². The van der Waals surface area contributed by atoms with E-state index in [1.807, 2.05) is 30.0 Å². The number of thioether (sulfide) groups is 1. The van der Waals surface area contributed by atoms with Crippen LogP contribution in [0.5, 0.6) is 0 Å². The number of rotatable bonds is 5. The second-order valence-corrected chi connectivity index (χ2v) is 7.27. The average molecular weight is 318 g/mol. The molecule has 110 valence electrons. The van der Waals surface area contributed by atoms with Crippen LogP contribution in [0.4, 0.5) is 5.69 Å². The van der Waals surface area contributed by atoms with E-state index in [1.165, 1.54) is 30.6 Å². The van der Waals surface area contributed by atoms with E-state index >= 15 is 0 Å². The van der Waals surface area contributed by atoms with Crippen molar-refractivity contribution in [1.29, 1.82) is 0 Å². The topological polar surface area (TPSA) is 12.0 Å². The van der Waals surface area contributed by atoms with Crippen molar-refractivity contribution in [3.8, 4) is 0 Å². The van der Waals surface area contributed by atoms with E-state index in [4.69, 9.17) is 11.6 Å². The summed E-state index contributed by atoms with van der Waals surface area (Å²) in [6, 6.07) is 16.7. The van der Waals surface area contributed by atoms with Crippen molar-refractivity contribution < 1.29 is 0 Å². The fourth-order valence-corrected chi connectivity index (χ4v) is 4.14. The van der Waals surface area contributed by atoms with E-state index in [1.54, 1.807) is 0 Å². The largest absolute Gasteiger partial charge is 0.381 e. The standard InChI is InChI=1S/C18H20ClNS/c19-18-8-4-1-5-14(18)13-20-15-9-11-17(12-10-15)21-16-6-2-3-7-16/h1,4-5,8-12,16,20H,2-3,6-7,13H2. The lowest BCUT2D eigenvalue weighted by atomic mass is 10.2. The molecule has 0 aliphatic heterocycles. The Balaban J connectivity index is 1.55. The Bertz CT molecular complexity index is 576. The Morgan fingerprint density at radius 2 is 1.71 bits per heavy atom. The summed E-state index contributed by atoms with van der Waals surface area (Å²) in [5.41, 5.74) is 2.27. The van der Waals surface area contributed by atoms with E-state index in [9.17, 15) is 0 Å². The first-order valence-corrected chi connectivity index (χ1v) is 8.81. The molecule has 1 saturated carbocycles. The molecule has 3 rings (SSSR count). The van der Waals surface area contributed by atoms with Crippen LogP contribution < -0.4 is 5.32 Å². The monoisotopic (exact) mass is 317 g/mol. The van der Waals surface area contributed by atoms with Crippen molar-refractivity contribution in [2.24, 2.45) is 0 Å². The fraction of sp³-hybridized carbons (Fsp3) is 0.333. The molecule has 0 spiro atoms. The Hall–Kier alpha value is -1.12. The molecule has 0 atom stereocenters. The molecule has 1 N–H and O–H groups in total. The highest BCUT2D eigenvalue weighted by atomic mass is 35.5. The highest BCUT2D eigenvalue weighted by Gasteiger charge is 2.15. The van der Waals surface area contributed by atoms with Crippen molar-refractivity contribution in [2.75, 3.05) is 5.32 Å². The molecule has 2 aromatic carbocycles. The van der Waals surface area contributed by atoms with Gasteiger partial charge in [-0.25, -0.2) is 0 Å². The Labute approximate surface area is 136 Å². The van der Waals surface area contributed by atoms with Gasteiger partial charge in [0.05, 0.1) is 0 Å². The molecule has 21 heavy (non-hydrogen) atoms. The third-order valence-electron chi connectivity index (χ3n) is 3.90. The van der Waals surface area contributed by atoms with E-state index in [0.717, 1.165) is 28.1 Å². The number of hydrogen-bond donors (Lipinski definition) is 1. The van der Waals surface area contributed by atoms with Crippen molar-refractivity contribution in [1.82, 2.24) is 0 Å². The van der Waals surface area contributed by atoms with Crippen LogP contribution in [-0.4, -0.2) is 5.25 Å². The second-order valence-electron chi connectivity index (χ2n) is 5.49. The third kappa shape index (κ3) is 4.18. The van der Waals surface area contributed by atoms with Gasteiger partial charge in [-0.15, -0.1) is 11.8 Å². The maximum absolute atomic E-state index is 6.17. The van der Waals surface area contributed by atoms with Crippen molar-refractivity contribution in [2.45, 2.75) is 42.4 Å². The minimum Gasteiger partial charge on any atom is -0.381 e. The second kappa shape index (κ2) is 7.24. The lowest BCUT2D eigenvalue weighted by molar-refractivity contribution is 0.886. The third-order valence-corrected chi connectivity index (χ3v) is 5.62. The quantitative estimate of drug-likeness (QED) is 0.727. The zero-order valence-corrected chi connectivity index (χ0v) is 13.6. The highest BCUT2D eigenvalue weighted by Crippen LogP contribution is 2.35. The summed E-state index contributed by atoms with van der Waals surface area (Å²) in [5.74, 6) is 0. The SMILES string of the molecule is Clc1ccccc1CNc1ccc(SC2CCCC2)cc1. The molecule has 0 bridgehead atoms. The molecule has 3 heteroatoms. The van der Waals surface area contributed by atoms with Crippen LogP contribution in [0, 0.1) is 0 Å². The van der Waals surface area contributed by atoms with Gasteiger partial charge in [0.15, 0.2) is 0 Å². The molecule has 1 aliphatic rings. The van der Waals surface area contributed by atoms with Crippen LogP contribution >= 0.6 is 23.4 Å². The van der Waals surface area contributed by atoms with Crippen molar-refractivity contribution in [3.05, 3.63) is 59.1 Å². The number of benzene rings is 2. The van der Waals surface area contributed by atoms with Crippen LogP contribution in [0.2, 0.25) is 5.02 Å². The van der Waals surface area contributed by atoms with Gasteiger partial charge in [-0.2, -0.15) is 0 Å². The molecule has 1 nitrogen and oxygen atoms in total. The van der Waals surface area contributed by atoms with Gasteiger partial charge < -0.3 is 5.32 Å². The van der Waals surface area contributed by atoms with Crippen molar-refractivity contribution in [3.63, 3.8) is 0 Å². The van der Waals surface area contributed by atoms with Crippen LogP contribution in [-0.2, 0) is 6.54 Å². The first-order chi connectivity index (χ1) is 10.3. The van der Waals surface area contributed by atoms with E-state index < -0.39 is 0 Å². The summed E-state index contributed by atoms with van der Waals surface area (Å²) in [4.78, 5) is 1.38. The normalized spacial score (nSPS) is 15.3. The predicted molar refractivity (Wildman–Crippen MR) is 93.3 cm³/mol. The first-order valence-electron chi connectivity index (χ1n) is 7.55. The van der Waals surface area contributed by atoms with E-state index in [2.05, 4.69) is 35.6 Å². The molecule has 0 radical (unpaired) electrons. The molecular weight excluding hydrogens is 298 g/mol. The van der Waals surface area contributed by atoms with Gasteiger partial charge in [-0.3, -0.25) is 0 Å². The maximum atomic E-state index is 6.17. The molecule has 0 amide bonds. The van der Waals surface area contributed by atoms with Crippen LogP contribution in [0.3, 0.4) is 0 Å². The number of hydrogen-bond acceptors (Lipinski definition) is 2. The minimum absolute atomic E-state index is 0.759. The van der Waals surface area contributed by atoms with Crippen molar-refractivity contribution >= 4 is 29.1 Å². The molecule has 2 aromatic rings.